The van der Waals surface area contributed by atoms with Crippen LogP contribution in [-0.4, -0.2) is 91.6 Å². The third-order valence-corrected chi connectivity index (χ3v) is 15.1. The Morgan fingerprint density at radius 3 is 1.36 bits per heavy atom. The quantitative estimate of drug-likeness (QED) is 0.0457. The number of esters is 2. The first-order chi connectivity index (χ1) is 20.4. The second kappa shape index (κ2) is 14.2. The molecule has 0 saturated heterocycles. The minimum absolute atomic E-state index is 0.0774. The van der Waals surface area contributed by atoms with Crippen molar-refractivity contribution in [2.24, 2.45) is 0 Å². The van der Waals surface area contributed by atoms with E-state index in [1.165, 1.54) is 0 Å². The van der Waals surface area contributed by atoms with Crippen molar-refractivity contribution in [1.82, 2.24) is 0 Å². The smallest absolute Gasteiger partial charge is 0.463 e. The van der Waals surface area contributed by atoms with Gasteiger partial charge in [-0.15, -0.1) is 0 Å². The van der Waals surface area contributed by atoms with Crippen LogP contribution in [0.25, 0.3) is 0 Å². The van der Waals surface area contributed by atoms with Crippen LogP contribution in [0.4, 0.5) is 65.9 Å². The summed E-state index contributed by atoms with van der Waals surface area (Å²) in [4.78, 5) is 23.2. The predicted octanol–water partition coefficient (Wildman–Crippen LogP) is 8.56. The van der Waals surface area contributed by atoms with Gasteiger partial charge in [-0.05, 0) is 65.2 Å². The molecule has 0 N–H and O–H groups in total. The summed E-state index contributed by atoms with van der Waals surface area (Å²) in [6.45, 7) is 12.1. The summed E-state index contributed by atoms with van der Waals surface area (Å²) in [6, 6.07) is 0.274. The molecule has 278 valence electrons. The van der Waals surface area contributed by atoms with Gasteiger partial charge < -0.3 is 17.7 Å². The van der Waals surface area contributed by atoms with Crippen LogP contribution in [0.15, 0.2) is 12.2 Å². The zero-order valence-electron chi connectivity index (χ0n) is 26.0. The molecule has 0 fully saturated rings. The molecule has 6 nitrogen and oxygen atoms in total. The number of carbonyl (C=O) groups is 2. The molecule has 0 aliphatic rings. The van der Waals surface area contributed by atoms with Crippen molar-refractivity contribution in [2.45, 2.75) is 113 Å². The Balaban J connectivity index is 5.76. The third kappa shape index (κ3) is 10.1. The fraction of sp³-hybridized carbons (Fsp3) is 0.826. The molecule has 1 unspecified atom stereocenters. The molecule has 0 rings (SSSR count). The molecule has 0 aromatic rings. The van der Waals surface area contributed by atoms with Gasteiger partial charge >= 0.3 is 62.1 Å². The number of halogens is 15. The fourth-order valence-electron chi connectivity index (χ4n) is 3.63. The molecule has 0 heterocycles. The summed E-state index contributed by atoms with van der Waals surface area (Å²) in [5.41, 5.74) is 0. The van der Waals surface area contributed by atoms with Gasteiger partial charge in [-0.25, -0.2) is 14.0 Å². The molecule has 0 aromatic heterocycles. The van der Waals surface area contributed by atoms with Crippen LogP contribution in [0.5, 0.6) is 0 Å². The van der Waals surface area contributed by atoms with Gasteiger partial charge in [0.2, 0.25) is 0 Å². The third-order valence-electron chi connectivity index (χ3n) is 5.51. The predicted molar refractivity (Wildman–Crippen MR) is 141 cm³/mol. The Morgan fingerprint density at radius 1 is 0.617 bits per heavy atom. The van der Waals surface area contributed by atoms with Crippen molar-refractivity contribution in [3.05, 3.63) is 12.2 Å². The highest BCUT2D eigenvalue weighted by Gasteiger charge is 2.94. The summed E-state index contributed by atoms with van der Waals surface area (Å²) in [7, 11) is -7.04. The van der Waals surface area contributed by atoms with Crippen LogP contribution in [0.1, 0.15) is 13.3 Å². The number of rotatable bonds is 18. The van der Waals surface area contributed by atoms with Crippen LogP contribution in [0.3, 0.4) is 0 Å². The Morgan fingerprint density at radius 2 is 0.979 bits per heavy atom. The fourth-order valence-corrected chi connectivity index (χ4v) is 16.1. The van der Waals surface area contributed by atoms with Crippen molar-refractivity contribution in [3.8, 4) is 0 Å². The largest absolute Gasteiger partial charge is 0.473 e. The highest BCUT2D eigenvalue weighted by molar-refractivity contribution is 6.87. The van der Waals surface area contributed by atoms with Crippen LogP contribution in [0, 0.1) is 0 Å². The number of alkyl halides is 15. The SMILES string of the molecule is CC(F)C(F)(F)C(F)(F)C(F)(F)C(F)(F)C(F)(F)C(F)(F)C(F)(F)OC(=O)C=CC(=O)OCCC[Si](C)(O[Si](C)(C)C)O[Si](C)(C)C. The normalized spacial score (nSPS) is 16.0. The highest BCUT2D eigenvalue weighted by Crippen LogP contribution is 2.62. The second-order valence-corrected chi connectivity index (χ2v) is 25.1. The Bertz CT molecular complexity index is 1120. The summed E-state index contributed by atoms with van der Waals surface area (Å²) in [6.07, 6.45) is -12.2. The molecule has 0 aromatic carbocycles. The van der Waals surface area contributed by atoms with Gasteiger partial charge in [0.1, 0.15) is 0 Å². The topological polar surface area (TPSA) is 71.1 Å². The lowest BCUT2D eigenvalue weighted by atomic mass is 9.90. The summed E-state index contributed by atoms with van der Waals surface area (Å²) in [5, 5.41) is 0. The summed E-state index contributed by atoms with van der Waals surface area (Å²) in [5.74, 6) is -52.4. The van der Waals surface area contributed by atoms with E-state index in [1.54, 1.807) is 6.55 Å². The lowest BCUT2D eigenvalue weighted by molar-refractivity contribution is -0.462. The Hall–Kier alpha value is -1.80. The molecule has 24 heteroatoms. The van der Waals surface area contributed by atoms with Gasteiger partial charge in [-0.1, -0.05) is 0 Å². The maximum absolute atomic E-state index is 13.9. The maximum Gasteiger partial charge on any atom is 0.473 e. The summed E-state index contributed by atoms with van der Waals surface area (Å²) >= 11 is 0. The summed E-state index contributed by atoms with van der Waals surface area (Å²) < 4.78 is 224. The van der Waals surface area contributed by atoms with E-state index >= 15 is 0 Å². The van der Waals surface area contributed by atoms with Crippen LogP contribution in [-0.2, 0) is 27.3 Å². The van der Waals surface area contributed by atoms with E-state index in [4.69, 9.17) is 8.23 Å². The van der Waals surface area contributed by atoms with E-state index in [1.807, 2.05) is 39.3 Å². The molecule has 0 spiro atoms. The van der Waals surface area contributed by atoms with Gasteiger partial charge in [0.15, 0.2) is 22.8 Å². The van der Waals surface area contributed by atoms with E-state index in [-0.39, 0.29) is 18.5 Å². The number of carbonyl (C=O) groups excluding carboxylic acids is 2. The van der Waals surface area contributed by atoms with E-state index in [0.29, 0.717) is 0 Å². The molecule has 0 bridgehead atoms. The van der Waals surface area contributed by atoms with E-state index in [0.717, 1.165) is 0 Å². The molecule has 0 aliphatic heterocycles. The number of ether oxygens (including phenoxy) is 2. The molecule has 47 heavy (non-hydrogen) atoms. The molecule has 0 saturated carbocycles. The highest BCUT2D eigenvalue weighted by atomic mass is 28.5. The zero-order valence-corrected chi connectivity index (χ0v) is 29.0. The Kier molecular flexibility index (Phi) is 13.7. The molecule has 1 atom stereocenters. The van der Waals surface area contributed by atoms with Crippen LogP contribution < -0.4 is 0 Å². The van der Waals surface area contributed by atoms with Crippen molar-refractivity contribution < 1.29 is 93.1 Å². The van der Waals surface area contributed by atoms with Crippen LogP contribution in [0.2, 0.25) is 51.9 Å². The Labute approximate surface area is 262 Å². The zero-order chi connectivity index (χ0) is 38.1. The minimum Gasteiger partial charge on any atom is -0.463 e. The first-order valence-corrected chi connectivity index (χ1v) is 22.5. The first kappa shape index (κ1) is 45.2. The monoisotopic (exact) mass is 774 g/mol. The molecule has 0 amide bonds. The standard InChI is InChI=1S/C23H33F15O6Si3/c1-14(24)17(25,26)18(27,28)19(29,30)20(31,32)21(33,34)22(35,36)23(37,38)42-16(40)11-10-15(39)41-12-9-13-47(8,43-45(2,3)4)44-46(5,6)7/h10-11,14H,9,12-13H2,1-8H3. The van der Waals surface area contributed by atoms with Gasteiger partial charge in [0.25, 0.3) is 0 Å². The van der Waals surface area contributed by atoms with Crippen LogP contribution >= 0.6 is 0 Å². The number of hydrogen-bond acceptors (Lipinski definition) is 6. The van der Waals surface area contributed by atoms with Crippen molar-refractivity contribution in [1.29, 1.82) is 0 Å². The van der Waals surface area contributed by atoms with Gasteiger partial charge in [-0.2, -0.15) is 61.5 Å². The van der Waals surface area contributed by atoms with Gasteiger partial charge in [0, 0.05) is 12.2 Å². The van der Waals surface area contributed by atoms with Gasteiger partial charge in [0.05, 0.1) is 6.61 Å². The van der Waals surface area contributed by atoms with Crippen molar-refractivity contribution >= 4 is 37.1 Å². The molecular weight excluding hydrogens is 741 g/mol. The van der Waals surface area contributed by atoms with Gasteiger partial charge in [-0.3, -0.25) is 0 Å². The first-order valence-electron chi connectivity index (χ1n) is 13.1. The second-order valence-electron chi connectivity index (χ2n) is 12.2. The average Bonchev–Trinajstić information content (AvgIpc) is 2.81. The van der Waals surface area contributed by atoms with E-state index in [2.05, 4.69) is 9.47 Å². The maximum atomic E-state index is 13.9. The molecular formula is C23H33F15O6Si3. The lowest BCUT2D eigenvalue weighted by Gasteiger charge is -2.42. The lowest BCUT2D eigenvalue weighted by Crippen LogP contribution is -2.74. The average molecular weight is 775 g/mol. The van der Waals surface area contributed by atoms with Crippen molar-refractivity contribution in [3.63, 3.8) is 0 Å². The molecule has 0 aliphatic carbocycles. The van der Waals surface area contributed by atoms with E-state index in [9.17, 15) is 75.4 Å². The minimum atomic E-state index is -8.47. The molecule has 0 radical (unpaired) electrons. The van der Waals surface area contributed by atoms with Crippen molar-refractivity contribution in [2.75, 3.05) is 6.61 Å². The number of hydrogen-bond donors (Lipinski definition) is 0. The van der Waals surface area contributed by atoms with E-state index < -0.39 is 105 Å².